The van der Waals surface area contributed by atoms with Crippen molar-refractivity contribution in [1.29, 1.82) is 0 Å². The number of hydrogen-bond donors (Lipinski definition) is 1. The summed E-state index contributed by atoms with van der Waals surface area (Å²) in [6, 6.07) is 9.30. The monoisotopic (exact) mass is 299 g/mol. The fourth-order valence-corrected chi connectivity index (χ4v) is 5.49. The van der Waals surface area contributed by atoms with Crippen LogP contribution in [0.2, 0.25) is 0 Å². The lowest BCUT2D eigenvalue weighted by Gasteiger charge is -2.54. The highest BCUT2D eigenvalue weighted by Gasteiger charge is 2.47. The van der Waals surface area contributed by atoms with Crippen LogP contribution in [0.25, 0.3) is 0 Å². The van der Waals surface area contributed by atoms with Gasteiger partial charge in [0, 0.05) is 18.2 Å². The van der Waals surface area contributed by atoms with Gasteiger partial charge in [0.2, 0.25) is 0 Å². The zero-order valence-electron chi connectivity index (χ0n) is 13.8. The van der Waals surface area contributed by atoms with Crippen LogP contribution in [0.4, 0.5) is 0 Å². The largest absolute Gasteiger partial charge is 0.493 e. The lowest BCUT2D eigenvalue weighted by Crippen LogP contribution is -2.54. The SMILES string of the molecule is CCCOc1ccccc1CNC1C2CC3CC(C2)CC1C3. The summed E-state index contributed by atoms with van der Waals surface area (Å²) in [7, 11) is 0. The normalized spacial score (nSPS) is 35.8. The molecule has 5 rings (SSSR count). The van der Waals surface area contributed by atoms with Crippen molar-refractivity contribution >= 4 is 0 Å². The average Bonchev–Trinajstić information content (AvgIpc) is 2.52. The summed E-state index contributed by atoms with van der Waals surface area (Å²) in [5, 5.41) is 3.92. The third-order valence-electron chi connectivity index (χ3n) is 6.19. The van der Waals surface area contributed by atoms with Crippen molar-refractivity contribution in [1.82, 2.24) is 5.32 Å². The third-order valence-corrected chi connectivity index (χ3v) is 6.19. The fourth-order valence-electron chi connectivity index (χ4n) is 5.49. The highest BCUT2D eigenvalue weighted by Crippen LogP contribution is 2.53. The van der Waals surface area contributed by atoms with Crippen LogP contribution in [0, 0.1) is 23.7 Å². The first-order chi connectivity index (χ1) is 10.8. The summed E-state index contributed by atoms with van der Waals surface area (Å²) in [5.74, 6) is 5.07. The zero-order chi connectivity index (χ0) is 14.9. The Hall–Kier alpha value is -1.02. The van der Waals surface area contributed by atoms with Crippen LogP contribution in [0.3, 0.4) is 0 Å². The maximum atomic E-state index is 5.90. The molecule has 0 radical (unpaired) electrons. The van der Waals surface area contributed by atoms with Gasteiger partial charge in [-0.1, -0.05) is 25.1 Å². The molecule has 1 aromatic rings. The molecule has 0 amide bonds. The van der Waals surface area contributed by atoms with Gasteiger partial charge in [-0.05, 0) is 68.3 Å². The molecule has 0 heterocycles. The summed E-state index contributed by atoms with van der Waals surface area (Å²) >= 11 is 0. The molecule has 120 valence electrons. The van der Waals surface area contributed by atoms with Gasteiger partial charge in [0.1, 0.15) is 5.75 Å². The Morgan fingerprint density at radius 2 is 1.68 bits per heavy atom. The highest BCUT2D eigenvalue weighted by atomic mass is 16.5. The second-order valence-corrected chi connectivity index (χ2v) is 7.79. The summed E-state index contributed by atoms with van der Waals surface area (Å²) < 4.78 is 5.90. The molecule has 0 aliphatic heterocycles. The molecule has 22 heavy (non-hydrogen) atoms. The predicted octanol–water partition coefficient (Wildman–Crippen LogP) is 4.39. The maximum Gasteiger partial charge on any atom is 0.123 e. The first-order valence-electron chi connectivity index (χ1n) is 9.27. The lowest BCUT2D eigenvalue weighted by atomic mass is 9.54. The van der Waals surface area contributed by atoms with Crippen molar-refractivity contribution < 1.29 is 4.74 Å². The minimum Gasteiger partial charge on any atom is -0.493 e. The van der Waals surface area contributed by atoms with Crippen molar-refractivity contribution in [3.05, 3.63) is 29.8 Å². The molecular formula is C20H29NO. The molecule has 0 unspecified atom stereocenters. The molecule has 0 saturated heterocycles. The van der Waals surface area contributed by atoms with Gasteiger partial charge in [-0.15, -0.1) is 0 Å². The summed E-state index contributed by atoms with van der Waals surface area (Å²) in [6.45, 7) is 3.94. The van der Waals surface area contributed by atoms with E-state index in [-0.39, 0.29) is 0 Å². The van der Waals surface area contributed by atoms with Crippen molar-refractivity contribution in [2.45, 2.75) is 58.0 Å². The molecule has 0 aromatic heterocycles. The van der Waals surface area contributed by atoms with E-state index in [2.05, 4.69) is 36.5 Å². The third kappa shape index (κ3) is 2.78. The zero-order valence-corrected chi connectivity index (χ0v) is 13.8. The summed E-state index contributed by atoms with van der Waals surface area (Å²) in [5.41, 5.74) is 1.32. The molecule has 4 aliphatic carbocycles. The van der Waals surface area contributed by atoms with Gasteiger partial charge in [0.25, 0.3) is 0 Å². The molecule has 4 fully saturated rings. The molecule has 4 bridgehead atoms. The van der Waals surface area contributed by atoms with Crippen molar-refractivity contribution in [3.63, 3.8) is 0 Å². The first kappa shape index (κ1) is 14.6. The molecule has 2 nitrogen and oxygen atoms in total. The van der Waals surface area contributed by atoms with Gasteiger partial charge in [0.15, 0.2) is 0 Å². The Balaban J connectivity index is 1.41. The molecule has 2 heteroatoms. The van der Waals surface area contributed by atoms with Gasteiger partial charge in [-0.2, -0.15) is 0 Å². The van der Waals surface area contributed by atoms with E-state index < -0.39 is 0 Å². The average molecular weight is 299 g/mol. The summed E-state index contributed by atoms with van der Waals surface area (Å²) in [6.07, 6.45) is 8.54. The van der Waals surface area contributed by atoms with E-state index in [4.69, 9.17) is 4.74 Å². The fraction of sp³-hybridized carbons (Fsp3) is 0.700. The van der Waals surface area contributed by atoms with Gasteiger partial charge in [-0.3, -0.25) is 0 Å². The molecule has 1 N–H and O–H groups in total. The quantitative estimate of drug-likeness (QED) is 0.841. The highest BCUT2D eigenvalue weighted by molar-refractivity contribution is 5.33. The van der Waals surface area contributed by atoms with Crippen LogP contribution < -0.4 is 10.1 Å². The number of nitrogens with one attached hydrogen (secondary N) is 1. The molecular weight excluding hydrogens is 270 g/mol. The van der Waals surface area contributed by atoms with Gasteiger partial charge in [-0.25, -0.2) is 0 Å². The van der Waals surface area contributed by atoms with E-state index in [9.17, 15) is 0 Å². The lowest BCUT2D eigenvalue weighted by molar-refractivity contribution is -0.0143. The van der Waals surface area contributed by atoms with E-state index in [1.54, 1.807) is 0 Å². The van der Waals surface area contributed by atoms with Crippen molar-refractivity contribution in [2.24, 2.45) is 23.7 Å². The Morgan fingerprint density at radius 3 is 2.36 bits per heavy atom. The van der Waals surface area contributed by atoms with Crippen LogP contribution in [0.5, 0.6) is 5.75 Å². The van der Waals surface area contributed by atoms with E-state index in [0.29, 0.717) is 0 Å². The Bertz CT molecular complexity index is 484. The van der Waals surface area contributed by atoms with Crippen LogP contribution in [0.1, 0.15) is 51.0 Å². The number of benzene rings is 1. The predicted molar refractivity (Wildman–Crippen MR) is 89.9 cm³/mol. The van der Waals surface area contributed by atoms with Crippen LogP contribution >= 0.6 is 0 Å². The number of rotatable bonds is 6. The van der Waals surface area contributed by atoms with E-state index >= 15 is 0 Å². The van der Waals surface area contributed by atoms with Gasteiger partial charge >= 0.3 is 0 Å². The minimum atomic E-state index is 0.757. The van der Waals surface area contributed by atoms with Crippen LogP contribution in [-0.2, 0) is 6.54 Å². The molecule has 4 aliphatic rings. The summed E-state index contributed by atoms with van der Waals surface area (Å²) in [4.78, 5) is 0. The van der Waals surface area contributed by atoms with Crippen LogP contribution in [0.15, 0.2) is 24.3 Å². The first-order valence-corrected chi connectivity index (χ1v) is 9.27. The Morgan fingerprint density at radius 1 is 1.00 bits per heavy atom. The van der Waals surface area contributed by atoms with Crippen molar-refractivity contribution in [2.75, 3.05) is 6.61 Å². The second kappa shape index (κ2) is 6.23. The maximum absolute atomic E-state index is 5.90. The number of ether oxygens (including phenoxy) is 1. The molecule has 0 atom stereocenters. The van der Waals surface area contributed by atoms with E-state index in [0.717, 1.165) is 55.0 Å². The second-order valence-electron chi connectivity index (χ2n) is 7.79. The smallest absolute Gasteiger partial charge is 0.123 e. The molecule has 1 aromatic carbocycles. The number of hydrogen-bond acceptors (Lipinski definition) is 2. The van der Waals surface area contributed by atoms with Gasteiger partial charge < -0.3 is 10.1 Å². The number of para-hydroxylation sites is 1. The Kier molecular flexibility index (Phi) is 4.13. The van der Waals surface area contributed by atoms with Crippen molar-refractivity contribution in [3.8, 4) is 5.75 Å². The molecule has 0 spiro atoms. The van der Waals surface area contributed by atoms with Gasteiger partial charge in [0.05, 0.1) is 6.61 Å². The Labute approximate surface area is 134 Å². The van der Waals surface area contributed by atoms with E-state index in [1.807, 2.05) is 0 Å². The standard InChI is InChI=1S/C20H29NO/c1-2-7-22-19-6-4-3-5-16(19)13-21-20-17-9-14-8-15(11-17)12-18(20)10-14/h3-6,14-15,17-18,20-21H,2,7-13H2,1H3. The van der Waals surface area contributed by atoms with E-state index in [1.165, 1.54) is 37.7 Å². The topological polar surface area (TPSA) is 21.3 Å². The van der Waals surface area contributed by atoms with Crippen LogP contribution in [-0.4, -0.2) is 12.6 Å². The minimum absolute atomic E-state index is 0.757. The molecule has 4 saturated carbocycles.